The Morgan fingerprint density at radius 3 is 2.38 bits per heavy atom. The highest BCUT2D eigenvalue weighted by molar-refractivity contribution is 5.93. The number of unbranched alkanes of at least 4 members (excludes halogenated alkanes) is 1. The normalized spacial score (nSPS) is 9.85. The third kappa shape index (κ3) is 5.95. The zero-order chi connectivity index (χ0) is 18.8. The number of carbonyl (C=O) groups excluding carboxylic acids is 2. The van der Waals surface area contributed by atoms with E-state index in [1.807, 2.05) is 13.0 Å². The number of hydrogen-bond donors (Lipinski definition) is 1. The summed E-state index contributed by atoms with van der Waals surface area (Å²) >= 11 is 0. The first-order valence-electron chi connectivity index (χ1n) is 8.32. The number of nitriles is 1. The molecule has 0 atom stereocenters. The Labute approximate surface area is 152 Å². The number of amides is 1. The van der Waals surface area contributed by atoms with Crippen LogP contribution in [0.15, 0.2) is 48.5 Å². The van der Waals surface area contributed by atoms with E-state index in [0.29, 0.717) is 29.2 Å². The molecule has 1 amide bonds. The fourth-order valence-corrected chi connectivity index (χ4v) is 2.05. The number of hydrogen-bond acceptors (Lipinski definition) is 5. The van der Waals surface area contributed by atoms with E-state index >= 15 is 0 Å². The van der Waals surface area contributed by atoms with Gasteiger partial charge in [-0.05, 0) is 55.0 Å². The standard InChI is InChI=1S/C20H20N2O4/c1-2-3-12-25-20(24)16-6-8-17(9-7-16)22-19(23)14-26-18-10-4-15(13-21)5-11-18/h4-11H,2-3,12,14H2,1H3,(H,22,23). The van der Waals surface area contributed by atoms with Crippen molar-refractivity contribution < 1.29 is 19.1 Å². The number of anilines is 1. The van der Waals surface area contributed by atoms with E-state index in [1.165, 1.54) is 0 Å². The van der Waals surface area contributed by atoms with E-state index in [-0.39, 0.29) is 18.5 Å². The van der Waals surface area contributed by atoms with Gasteiger partial charge in [-0.2, -0.15) is 5.26 Å². The van der Waals surface area contributed by atoms with E-state index in [2.05, 4.69) is 5.32 Å². The topological polar surface area (TPSA) is 88.4 Å². The smallest absolute Gasteiger partial charge is 0.338 e. The summed E-state index contributed by atoms with van der Waals surface area (Å²) in [5.74, 6) is -0.197. The molecule has 2 rings (SSSR count). The molecule has 134 valence electrons. The number of benzene rings is 2. The summed E-state index contributed by atoms with van der Waals surface area (Å²) in [6, 6.07) is 15.0. The fraction of sp³-hybridized carbons (Fsp3) is 0.250. The molecule has 0 unspecified atom stereocenters. The van der Waals surface area contributed by atoms with Crippen molar-refractivity contribution >= 4 is 17.6 Å². The van der Waals surface area contributed by atoms with E-state index in [9.17, 15) is 9.59 Å². The SMILES string of the molecule is CCCCOC(=O)c1ccc(NC(=O)COc2ccc(C#N)cc2)cc1. The average Bonchev–Trinajstić information content (AvgIpc) is 2.67. The predicted molar refractivity (Wildman–Crippen MR) is 96.9 cm³/mol. The molecule has 0 radical (unpaired) electrons. The maximum atomic E-state index is 11.9. The molecule has 2 aromatic rings. The lowest BCUT2D eigenvalue weighted by atomic mass is 10.2. The van der Waals surface area contributed by atoms with Crippen LogP contribution >= 0.6 is 0 Å². The second kappa shape index (κ2) is 9.84. The number of esters is 1. The van der Waals surface area contributed by atoms with Crippen molar-refractivity contribution in [2.75, 3.05) is 18.5 Å². The number of ether oxygens (including phenoxy) is 2. The third-order valence-corrected chi connectivity index (χ3v) is 3.49. The Morgan fingerprint density at radius 2 is 1.77 bits per heavy atom. The summed E-state index contributed by atoms with van der Waals surface area (Å²) in [7, 11) is 0. The Balaban J connectivity index is 1.81. The maximum absolute atomic E-state index is 11.9. The predicted octanol–water partition coefficient (Wildman–Crippen LogP) is 3.53. The molecular weight excluding hydrogens is 332 g/mol. The van der Waals surface area contributed by atoms with Crippen LogP contribution in [0.5, 0.6) is 5.75 Å². The monoisotopic (exact) mass is 352 g/mol. The minimum Gasteiger partial charge on any atom is -0.484 e. The molecule has 0 aromatic heterocycles. The summed E-state index contributed by atoms with van der Waals surface area (Å²) in [4.78, 5) is 23.7. The Hall–Kier alpha value is -3.33. The minimum absolute atomic E-state index is 0.160. The van der Waals surface area contributed by atoms with Gasteiger partial charge in [0.1, 0.15) is 5.75 Å². The first kappa shape index (κ1) is 19.0. The number of rotatable bonds is 8. The van der Waals surface area contributed by atoms with Gasteiger partial charge < -0.3 is 14.8 Å². The molecule has 2 aromatic carbocycles. The van der Waals surface area contributed by atoms with Crippen LogP contribution in [0.3, 0.4) is 0 Å². The molecule has 0 aliphatic rings. The van der Waals surface area contributed by atoms with Gasteiger partial charge in [0.05, 0.1) is 23.8 Å². The largest absolute Gasteiger partial charge is 0.484 e. The molecule has 0 aliphatic carbocycles. The molecule has 0 saturated heterocycles. The molecule has 1 N–H and O–H groups in total. The van der Waals surface area contributed by atoms with Crippen LogP contribution in [-0.4, -0.2) is 25.1 Å². The molecule has 6 nitrogen and oxygen atoms in total. The Morgan fingerprint density at radius 1 is 1.08 bits per heavy atom. The first-order chi connectivity index (χ1) is 12.6. The second-order valence-corrected chi connectivity index (χ2v) is 5.54. The van der Waals surface area contributed by atoms with Gasteiger partial charge in [-0.15, -0.1) is 0 Å². The summed E-state index contributed by atoms with van der Waals surface area (Å²) in [5, 5.41) is 11.4. The second-order valence-electron chi connectivity index (χ2n) is 5.54. The van der Waals surface area contributed by atoms with Crippen LogP contribution in [0.25, 0.3) is 0 Å². The number of nitrogens with zero attached hydrogens (tertiary/aromatic N) is 1. The van der Waals surface area contributed by atoms with Crippen molar-refractivity contribution in [2.45, 2.75) is 19.8 Å². The molecular formula is C20H20N2O4. The van der Waals surface area contributed by atoms with E-state index in [4.69, 9.17) is 14.7 Å². The highest BCUT2D eigenvalue weighted by atomic mass is 16.5. The molecule has 0 saturated carbocycles. The lowest BCUT2D eigenvalue weighted by Crippen LogP contribution is -2.20. The summed E-state index contributed by atoms with van der Waals surface area (Å²) in [6.07, 6.45) is 1.79. The zero-order valence-electron chi connectivity index (χ0n) is 14.5. The van der Waals surface area contributed by atoms with Crippen molar-refractivity contribution in [2.24, 2.45) is 0 Å². The lowest BCUT2D eigenvalue weighted by molar-refractivity contribution is -0.118. The molecule has 0 bridgehead atoms. The van der Waals surface area contributed by atoms with Crippen molar-refractivity contribution in [1.29, 1.82) is 5.26 Å². The fourth-order valence-electron chi connectivity index (χ4n) is 2.05. The van der Waals surface area contributed by atoms with Crippen molar-refractivity contribution in [1.82, 2.24) is 0 Å². The summed E-state index contributed by atoms with van der Waals surface area (Å²) < 4.78 is 10.5. The highest BCUT2D eigenvalue weighted by Gasteiger charge is 2.08. The summed E-state index contributed by atoms with van der Waals surface area (Å²) in [5.41, 5.74) is 1.52. The Kier molecular flexibility index (Phi) is 7.19. The molecule has 6 heteroatoms. The Bertz CT molecular complexity index is 777. The van der Waals surface area contributed by atoms with Crippen LogP contribution < -0.4 is 10.1 Å². The van der Waals surface area contributed by atoms with Gasteiger partial charge in [-0.25, -0.2) is 4.79 Å². The molecule has 0 spiro atoms. The third-order valence-electron chi connectivity index (χ3n) is 3.49. The molecule has 0 fully saturated rings. The van der Waals surface area contributed by atoms with E-state index < -0.39 is 0 Å². The highest BCUT2D eigenvalue weighted by Crippen LogP contribution is 2.13. The van der Waals surface area contributed by atoms with Crippen molar-refractivity contribution in [3.63, 3.8) is 0 Å². The van der Waals surface area contributed by atoms with Crippen LogP contribution in [-0.2, 0) is 9.53 Å². The quantitative estimate of drug-likeness (QED) is 0.580. The van der Waals surface area contributed by atoms with E-state index in [0.717, 1.165) is 12.8 Å². The molecule has 0 heterocycles. The molecule has 26 heavy (non-hydrogen) atoms. The minimum atomic E-state index is -0.375. The van der Waals surface area contributed by atoms with Gasteiger partial charge in [0.2, 0.25) is 0 Å². The average molecular weight is 352 g/mol. The van der Waals surface area contributed by atoms with E-state index in [1.54, 1.807) is 48.5 Å². The summed E-state index contributed by atoms with van der Waals surface area (Å²) in [6.45, 7) is 2.27. The zero-order valence-corrected chi connectivity index (χ0v) is 14.5. The molecule has 0 aliphatic heterocycles. The van der Waals surface area contributed by atoms with Gasteiger partial charge in [0, 0.05) is 5.69 Å². The van der Waals surface area contributed by atoms with Gasteiger partial charge in [-0.3, -0.25) is 4.79 Å². The van der Waals surface area contributed by atoms with Crippen LogP contribution in [0, 0.1) is 11.3 Å². The first-order valence-corrected chi connectivity index (χ1v) is 8.32. The maximum Gasteiger partial charge on any atom is 0.338 e. The van der Waals surface area contributed by atoms with Crippen LogP contribution in [0.4, 0.5) is 5.69 Å². The van der Waals surface area contributed by atoms with Crippen LogP contribution in [0.1, 0.15) is 35.7 Å². The van der Waals surface area contributed by atoms with Crippen LogP contribution in [0.2, 0.25) is 0 Å². The van der Waals surface area contributed by atoms with Gasteiger partial charge in [0.15, 0.2) is 6.61 Å². The van der Waals surface area contributed by atoms with Gasteiger partial charge in [0.25, 0.3) is 5.91 Å². The number of nitrogens with one attached hydrogen (secondary N) is 1. The van der Waals surface area contributed by atoms with Gasteiger partial charge in [-0.1, -0.05) is 13.3 Å². The van der Waals surface area contributed by atoms with Crippen molar-refractivity contribution in [3.8, 4) is 11.8 Å². The number of carbonyl (C=O) groups is 2. The lowest BCUT2D eigenvalue weighted by Gasteiger charge is -2.08. The van der Waals surface area contributed by atoms with Gasteiger partial charge >= 0.3 is 5.97 Å². The van der Waals surface area contributed by atoms with Crippen molar-refractivity contribution in [3.05, 3.63) is 59.7 Å².